The highest BCUT2D eigenvalue weighted by Crippen LogP contribution is 2.33. The average molecular weight is 147 g/mol. The standard InChI is InChI=1S/C10H11O/c1-10(2)7-8-5-3-4-6-9(8)11-10/h3,5-6H,7H2,1-2H3. The first-order chi connectivity index (χ1) is 5.17. The minimum absolute atomic E-state index is 0.0163. The van der Waals surface area contributed by atoms with Crippen LogP contribution in [0.25, 0.3) is 0 Å². The lowest BCUT2D eigenvalue weighted by molar-refractivity contribution is 0.138. The van der Waals surface area contributed by atoms with Crippen LogP contribution < -0.4 is 4.74 Å². The molecule has 0 saturated heterocycles. The van der Waals surface area contributed by atoms with E-state index in [0.717, 1.165) is 12.2 Å². The molecule has 0 bridgehead atoms. The maximum atomic E-state index is 5.66. The molecule has 1 aliphatic heterocycles. The maximum Gasteiger partial charge on any atom is 0.124 e. The second-order valence-electron chi connectivity index (χ2n) is 3.57. The number of benzene rings is 1. The monoisotopic (exact) mass is 147 g/mol. The molecule has 11 heavy (non-hydrogen) atoms. The molecule has 1 aliphatic rings. The van der Waals surface area contributed by atoms with Gasteiger partial charge in [0.15, 0.2) is 0 Å². The van der Waals surface area contributed by atoms with Crippen molar-refractivity contribution in [2.24, 2.45) is 0 Å². The Kier molecular flexibility index (Phi) is 1.22. The molecule has 2 rings (SSSR count). The summed E-state index contributed by atoms with van der Waals surface area (Å²) in [5, 5.41) is 0. The van der Waals surface area contributed by atoms with E-state index in [1.807, 2.05) is 12.1 Å². The molecule has 0 unspecified atom stereocenters. The Hall–Kier alpha value is -0.980. The van der Waals surface area contributed by atoms with Crippen LogP contribution >= 0.6 is 0 Å². The Morgan fingerprint density at radius 3 is 3.09 bits per heavy atom. The average Bonchev–Trinajstić information content (AvgIpc) is 2.21. The van der Waals surface area contributed by atoms with Crippen molar-refractivity contribution in [1.29, 1.82) is 0 Å². The summed E-state index contributed by atoms with van der Waals surface area (Å²) in [4.78, 5) is 0. The molecular weight excluding hydrogens is 136 g/mol. The van der Waals surface area contributed by atoms with Crippen LogP contribution in [-0.4, -0.2) is 5.60 Å². The van der Waals surface area contributed by atoms with E-state index < -0.39 is 0 Å². The van der Waals surface area contributed by atoms with Crippen molar-refractivity contribution in [3.8, 4) is 5.75 Å². The summed E-state index contributed by atoms with van der Waals surface area (Å²) in [5.41, 5.74) is 1.28. The fraction of sp³-hybridized carbons (Fsp3) is 0.400. The first-order valence-corrected chi connectivity index (χ1v) is 3.85. The van der Waals surface area contributed by atoms with Gasteiger partial charge in [-0.3, -0.25) is 0 Å². The first kappa shape index (κ1) is 6.71. The van der Waals surface area contributed by atoms with Crippen molar-refractivity contribution < 1.29 is 4.74 Å². The summed E-state index contributed by atoms with van der Waals surface area (Å²) >= 11 is 0. The largest absolute Gasteiger partial charge is 0.487 e. The van der Waals surface area contributed by atoms with Crippen molar-refractivity contribution in [3.63, 3.8) is 0 Å². The van der Waals surface area contributed by atoms with Gasteiger partial charge in [-0.2, -0.15) is 0 Å². The van der Waals surface area contributed by atoms with E-state index in [1.165, 1.54) is 5.56 Å². The summed E-state index contributed by atoms with van der Waals surface area (Å²) in [6.07, 6.45) is 1.01. The van der Waals surface area contributed by atoms with Crippen LogP contribution in [0.1, 0.15) is 19.4 Å². The predicted octanol–water partition coefficient (Wildman–Crippen LogP) is 2.20. The van der Waals surface area contributed by atoms with Crippen LogP contribution in [0.3, 0.4) is 0 Å². The van der Waals surface area contributed by atoms with Crippen molar-refractivity contribution in [3.05, 3.63) is 29.8 Å². The molecule has 0 amide bonds. The first-order valence-electron chi connectivity index (χ1n) is 3.85. The summed E-state index contributed by atoms with van der Waals surface area (Å²) < 4.78 is 5.66. The Bertz CT molecular complexity index is 249. The highest BCUT2D eigenvalue weighted by atomic mass is 16.5. The van der Waals surface area contributed by atoms with Crippen molar-refractivity contribution >= 4 is 0 Å². The van der Waals surface area contributed by atoms with Gasteiger partial charge in [0.25, 0.3) is 0 Å². The van der Waals surface area contributed by atoms with Crippen LogP contribution in [0.15, 0.2) is 18.2 Å². The second kappa shape index (κ2) is 2.00. The molecule has 0 atom stereocenters. The Morgan fingerprint density at radius 1 is 1.55 bits per heavy atom. The minimum Gasteiger partial charge on any atom is -0.487 e. The minimum atomic E-state index is -0.0163. The number of hydrogen-bond acceptors (Lipinski definition) is 1. The summed E-state index contributed by atoms with van der Waals surface area (Å²) in [7, 11) is 0. The summed E-state index contributed by atoms with van der Waals surface area (Å²) in [6, 6.07) is 8.92. The third kappa shape index (κ3) is 1.11. The maximum absolute atomic E-state index is 5.66. The van der Waals surface area contributed by atoms with E-state index >= 15 is 0 Å². The van der Waals surface area contributed by atoms with Gasteiger partial charge in [-0.05, 0) is 31.5 Å². The van der Waals surface area contributed by atoms with E-state index in [1.54, 1.807) is 0 Å². The molecule has 0 fully saturated rings. The number of rotatable bonds is 0. The molecule has 1 nitrogen and oxygen atoms in total. The quantitative estimate of drug-likeness (QED) is 0.546. The molecule has 1 radical (unpaired) electrons. The van der Waals surface area contributed by atoms with Crippen molar-refractivity contribution in [1.82, 2.24) is 0 Å². The molecular formula is C10H11O. The summed E-state index contributed by atoms with van der Waals surface area (Å²) in [5.74, 6) is 0.998. The van der Waals surface area contributed by atoms with Crippen LogP contribution in [0.5, 0.6) is 5.75 Å². The van der Waals surface area contributed by atoms with Crippen LogP contribution in [0.4, 0.5) is 0 Å². The fourth-order valence-electron chi connectivity index (χ4n) is 1.48. The smallest absolute Gasteiger partial charge is 0.124 e. The Labute approximate surface area is 67.0 Å². The third-order valence-electron chi connectivity index (χ3n) is 1.91. The van der Waals surface area contributed by atoms with Crippen LogP contribution in [0.2, 0.25) is 0 Å². The topological polar surface area (TPSA) is 9.23 Å². The third-order valence-corrected chi connectivity index (χ3v) is 1.91. The highest BCUT2D eigenvalue weighted by Gasteiger charge is 2.29. The highest BCUT2D eigenvalue weighted by molar-refractivity contribution is 5.37. The summed E-state index contributed by atoms with van der Waals surface area (Å²) in [6.45, 7) is 4.21. The van der Waals surface area contributed by atoms with E-state index in [4.69, 9.17) is 4.74 Å². The SMILES string of the molecule is CC1(C)Cc2cc[c]cc2O1. The molecule has 0 saturated carbocycles. The molecule has 1 aromatic carbocycles. The molecule has 0 aliphatic carbocycles. The van der Waals surface area contributed by atoms with Gasteiger partial charge in [0.1, 0.15) is 11.4 Å². The van der Waals surface area contributed by atoms with Gasteiger partial charge in [-0.15, -0.1) is 0 Å². The zero-order chi connectivity index (χ0) is 7.90. The zero-order valence-electron chi connectivity index (χ0n) is 6.85. The van der Waals surface area contributed by atoms with Gasteiger partial charge in [-0.25, -0.2) is 0 Å². The molecule has 1 heteroatoms. The lowest BCUT2D eigenvalue weighted by Gasteiger charge is -2.16. The van der Waals surface area contributed by atoms with Gasteiger partial charge in [0.05, 0.1) is 0 Å². The molecule has 1 heterocycles. The van der Waals surface area contributed by atoms with Gasteiger partial charge in [0.2, 0.25) is 0 Å². The number of hydrogen-bond donors (Lipinski definition) is 0. The predicted molar refractivity (Wildman–Crippen MR) is 43.7 cm³/mol. The normalized spacial score (nSPS) is 19.1. The van der Waals surface area contributed by atoms with Gasteiger partial charge < -0.3 is 4.74 Å². The Balaban J connectivity index is 2.41. The molecule has 57 valence electrons. The number of ether oxygens (including phenoxy) is 1. The molecule has 1 aromatic rings. The molecule has 0 spiro atoms. The van der Waals surface area contributed by atoms with Gasteiger partial charge in [0, 0.05) is 6.42 Å². The fourth-order valence-corrected chi connectivity index (χ4v) is 1.48. The zero-order valence-corrected chi connectivity index (χ0v) is 6.85. The van der Waals surface area contributed by atoms with Crippen LogP contribution in [-0.2, 0) is 6.42 Å². The Morgan fingerprint density at radius 2 is 2.36 bits per heavy atom. The van der Waals surface area contributed by atoms with Gasteiger partial charge in [-0.1, -0.05) is 12.1 Å². The van der Waals surface area contributed by atoms with E-state index in [2.05, 4.69) is 26.0 Å². The lowest BCUT2D eigenvalue weighted by Crippen LogP contribution is -2.24. The second-order valence-corrected chi connectivity index (χ2v) is 3.57. The lowest BCUT2D eigenvalue weighted by atomic mass is 10.0. The number of fused-ring (bicyclic) bond motifs is 1. The molecule has 0 N–H and O–H groups in total. The molecule has 0 aromatic heterocycles. The van der Waals surface area contributed by atoms with E-state index in [9.17, 15) is 0 Å². The van der Waals surface area contributed by atoms with Crippen molar-refractivity contribution in [2.45, 2.75) is 25.9 Å². The van der Waals surface area contributed by atoms with Crippen LogP contribution in [0, 0.1) is 6.07 Å². The van der Waals surface area contributed by atoms with E-state index in [0.29, 0.717) is 0 Å². The van der Waals surface area contributed by atoms with Crippen molar-refractivity contribution in [2.75, 3.05) is 0 Å². The van der Waals surface area contributed by atoms with E-state index in [-0.39, 0.29) is 5.60 Å². The van der Waals surface area contributed by atoms with Gasteiger partial charge >= 0.3 is 0 Å².